The van der Waals surface area contributed by atoms with Crippen molar-refractivity contribution in [3.8, 4) is 0 Å². The first-order valence-electron chi connectivity index (χ1n) is 5.73. The monoisotopic (exact) mass is 214 g/mol. The molecule has 15 heavy (non-hydrogen) atoms. The van der Waals surface area contributed by atoms with E-state index in [1.165, 1.54) is 0 Å². The number of hydrogen-bond acceptors (Lipinski definition) is 3. The van der Waals surface area contributed by atoms with Gasteiger partial charge in [-0.05, 0) is 19.3 Å². The molecule has 1 atom stereocenters. The molecular weight excluding hydrogens is 192 g/mol. The Hall–Kier alpha value is -0.860. The Morgan fingerprint density at radius 3 is 2.20 bits per heavy atom. The van der Waals surface area contributed by atoms with Gasteiger partial charge >= 0.3 is 5.97 Å². The molecule has 1 unspecified atom stereocenters. The number of ether oxygens (including phenoxy) is 1. The largest absolute Gasteiger partial charge is 0.465 e. The Kier molecular flexibility index (Phi) is 7.01. The fourth-order valence-corrected chi connectivity index (χ4v) is 1.51. The fourth-order valence-electron chi connectivity index (χ4n) is 1.51. The Labute approximate surface area is 92.2 Å². The van der Waals surface area contributed by atoms with Crippen LogP contribution in [0.5, 0.6) is 0 Å². The van der Waals surface area contributed by atoms with E-state index in [9.17, 15) is 9.59 Å². The van der Waals surface area contributed by atoms with E-state index >= 15 is 0 Å². The first kappa shape index (κ1) is 14.1. The highest BCUT2D eigenvalue weighted by Gasteiger charge is 2.30. The molecular formula is C12H22O3. The maximum atomic E-state index is 11.8. The molecule has 3 nitrogen and oxygen atoms in total. The minimum atomic E-state index is -0.573. The molecule has 0 aliphatic heterocycles. The van der Waals surface area contributed by atoms with Crippen molar-refractivity contribution in [1.82, 2.24) is 0 Å². The normalized spacial score (nSPS) is 12.6. The summed E-state index contributed by atoms with van der Waals surface area (Å²) in [6.07, 6.45) is 2.30. The van der Waals surface area contributed by atoms with E-state index in [-0.39, 0.29) is 17.7 Å². The Morgan fingerprint density at radius 2 is 1.80 bits per heavy atom. The summed E-state index contributed by atoms with van der Waals surface area (Å²) in [5.74, 6) is -0.899. The molecule has 0 saturated heterocycles. The highest BCUT2D eigenvalue weighted by atomic mass is 16.5. The number of esters is 1. The van der Waals surface area contributed by atoms with Crippen LogP contribution in [0.3, 0.4) is 0 Å². The smallest absolute Gasteiger partial charge is 0.316 e. The van der Waals surface area contributed by atoms with Gasteiger partial charge in [0.1, 0.15) is 11.7 Å². The molecule has 0 radical (unpaired) electrons. The molecule has 88 valence electrons. The summed E-state index contributed by atoms with van der Waals surface area (Å²) in [5.41, 5.74) is 0. The molecule has 0 aromatic rings. The van der Waals surface area contributed by atoms with Gasteiger partial charge in [-0.2, -0.15) is 0 Å². The van der Waals surface area contributed by atoms with Crippen LogP contribution in [0.1, 0.15) is 47.0 Å². The van der Waals surface area contributed by atoms with Crippen molar-refractivity contribution in [3.05, 3.63) is 0 Å². The first-order chi connectivity index (χ1) is 7.04. The molecule has 0 rings (SSSR count). The molecule has 0 fully saturated rings. The van der Waals surface area contributed by atoms with Crippen LogP contribution in [-0.4, -0.2) is 18.4 Å². The van der Waals surface area contributed by atoms with Gasteiger partial charge in [-0.25, -0.2) is 0 Å². The second kappa shape index (κ2) is 7.43. The lowest BCUT2D eigenvalue weighted by Gasteiger charge is -2.17. The average molecular weight is 214 g/mol. The van der Waals surface area contributed by atoms with Gasteiger partial charge in [0.15, 0.2) is 0 Å². The molecule has 3 heteroatoms. The quantitative estimate of drug-likeness (QED) is 0.483. The molecule has 0 heterocycles. The number of rotatable bonds is 7. The minimum Gasteiger partial charge on any atom is -0.465 e. The Balaban J connectivity index is 4.37. The summed E-state index contributed by atoms with van der Waals surface area (Å²) in [6, 6.07) is 0. The molecule has 0 aliphatic rings. The number of ketones is 1. The molecule has 0 aromatic carbocycles. The summed E-state index contributed by atoms with van der Waals surface area (Å²) < 4.78 is 4.91. The SMILES string of the molecule is CCCCC(=O)C(C(=O)OCC)C(C)C. The topological polar surface area (TPSA) is 43.4 Å². The van der Waals surface area contributed by atoms with Crippen molar-refractivity contribution in [3.63, 3.8) is 0 Å². The average Bonchev–Trinajstić information content (AvgIpc) is 2.14. The summed E-state index contributed by atoms with van der Waals surface area (Å²) >= 11 is 0. The number of carbonyl (C=O) groups is 2. The van der Waals surface area contributed by atoms with Crippen molar-refractivity contribution in [2.45, 2.75) is 47.0 Å². The van der Waals surface area contributed by atoms with Crippen molar-refractivity contribution < 1.29 is 14.3 Å². The third-order valence-corrected chi connectivity index (χ3v) is 2.33. The van der Waals surface area contributed by atoms with Gasteiger partial charge in [0.2, 0.25) is 0 Å². The molecule has 0 spiro atoms. The number of carbonyl (C=O) groups excluding carboxylic acids is 2. The maximum absolute atomic E-state index is 11.8. The molecule has 0 amide bonds. The molecule has 0 aromatic heterocycles. The van der Waals surface area contributed by atoms with Crippen LogP contribution in [0, 0.1) is 11.8 Å². The Bertz CT molecular complexity index is 209. The third kappa shape index (κ3) is 4.96. The van der Waals surface area contributed by atoms with Gasteiger partial charge in [0, 0.05) is 6.42 Å². The maximum Gasteiger partial charge on any atom is 0.316 e. The predicted molar refractivity (Wildman–Crippen MR) is 59.5 cm³/mol. The summed E-state index contributed by atoms with van der Waals surface area (Å²) in [5, 5.41) is 0. The van der Waals surface area contributed by atoms with Crippen LogP contribution >= 0.6 is 0 Å². The number of unbranched alkanes of at least 4 members (excludes halogenated alkanes) is 1. The standard InChI is InChI=1S/C12H22O3/c1-5-7-8-10(13)11(9(3)4)12(14)15-6-2/h9,11H,5-8H2,1-4H3. The lowest BCUT2D eigenvalue weighted by Crippen LogP contribution is -2.30. The fraction of sp³-hybridized carbons (Fsp3) is 0.833. The van der Waals surface area contributed by atoms with E-state index in [0.717, 1.165) is 12.8 Å². The van der Waals surface area contributed by atoms with Crippen molar-refractivity contribution in [1.29, 1.82) is 0 Å². The van der Waals surface area contributed by atoms with Crippen molar-refractivity contribution in [2.75, 3.05) is 6.61 Å². The van der Waals surface area contributed by atoms with Crippen LogP contribution < -0.4 is 0 Å². The van der Waals surface area contributed by atoms with Crippen LogP contribution in [0.4, 0.5) is 0 Å². The van der Waals surface area contributed by atoms with E-state index in [2.05, 4.69) is 0 Å². The van der Waals surface area contributed by atoms with Gasteiger partial charge in [0.05, 0.1) is 6.61 Å². The first-order valence-corrected chi connectivity index (χ1v) is 5.73. The van der Waals surface area contributed by atoms with Crippen molar-refractivity contribution >= 4 is 11.8 Å². The summed E-state index contributed by atoms with van der Waals surface area (Å²) in [4.78, 5) is 23.3. The second-order valence-corrected chi connectivity index (χ2v) is 4.04. The summed E-state index contributed by atoms with van der Waals surface area (Å²) in [6.45, 7) is 7.88. The zero-order chi connectivity index (χ0) is 11.8. The molecule has 0 aliphatic carbocycles. The third-order valence-electron chi connectivity index (χ3n) is 2.33. The predicted octanol–water partition coefficient (Wildman–Crippen LogP) is 2.58. The van der Waals surface area contributed by atoms with Gasteiger partial charge in [-0.1, -0.05) is 27.2 Å². The van der Waals surface area contributed by atoms with Gasteiger partial charge in [-0.15, -0.1) is 0 Å². The zero-order valence-electron chi connectivity index (χ0n) is 10.2. The van der Waals surface area contributed by atoms with Crippen LogP contribution in [0.2, 0.25) is 0 Å². The van der Waals surface area contributed by atoms with E-state index < -0.39 is 5.92 Å². The number of Topliss-reactive ketones (excluding diaryl/α,β-unsaturated/α-hetero) is 1. The minimum absolute atomic E-state index is 0.0188. The van der Waals surface area contributed by atoms with E-state index in [1.54, 1.807) is 6.92 Å². The van der Waals surface area contributed by atoms with E-state index in [1.807, 2.05) is 20.8 Å². The highest BCUT2D eigenvalue weighted by Crippen LogP contribution is 2.17. The van der Waals surface area contributed by atoms with Gasteiger partial charge in [0.25, 0.3) is 0 Å². The zero-order valence-corrected chi connectivity index (χ0v) is 10.2. The van der Waals surface area contributed by atoms with Gasteiger partial charge in [-0.3, -0.25) is 9.59 Å². The number of hydrogen-bond donors (Lipinski definition) is 0. The molecule has 0 N–H and O–H groups in total. The van der Waals surface area contributed by atoms with E-state index in [0.29, 0.717) is 13.0 Å². The van der Waals surface area contributed by atoms with Crippen molar-refractivity contribution in [2.24, 2.45) is 11.8 Å². The van der Waals surface area contributed by atoms with Crippen LogP contribution in [-0.2, 0) is 14.3 Å². The lowest BCUT2D eigenvalue weighted by atomic mass is 9.89. The lowest BCUT2D eigenvalue weighted by molar-refractivity contribution is -0.153. The molecule has 0 saturated carbocycles. The molecule has 0 bridgehead atoms. The van der Waals surface area contributed by atoms with Gasteiger partial charge < -0.3 is 4.74 Å². The van der Waals surface area contributed by atoms with Crippen LogP contribution in [0.15, 0.2) is 0 Å². The highest BCUT2D eigenvalue weighted by molar-refractivity contribution is 5.99. The Morgan fingerprint density at radius 1 is 1.20 bits per heavy atom. The van der Waals surface area contributed by atoms with E-state index in [4.69, 9.17) is 4.74 Å². The van der Waals surface area contributed by atoms with Crippen LogP contribution in [0.25, 0.3) is 0 Å². The second-order valence-electron chi connectivity index (χ2n) is 4.04. The summed E-state index contributed by atoms with van der Waals surface area (Å²) in [7, 11) is 0.